The Hall–Kier alpha value is -3.29. The summed E-state index contributed by atoms with van der Waals surface area (Å²) in [5.74, 6) is 0.536. The second kappa shape index (κ2) is 9.47. The molecule has 196 valence electrons. The van der Waals surface area contributed by atoms with E-state index < -0.39 is 20.0 Å². The van der Waals surface area contributed by atoms with Gasteiger partial charge in [0.15, 0.2) is 11.6 Å². The van der Waals surface area contributed by atoms with Crippen molar-refractivity contribution in [2.45, 2.75) is 9.79 Å². The molecule has 1 aromatic heterocycles. The summed E-state index contributed by atoms with van der Waals surface area (Å²) < 4.78 is 61.3. The highest BCUT2D eigenvalue weighted by atomic mass is 35.5. The highest BCUT2D eigenvalue weighted by Gasteiger charge is 2.39. The van der Waals surface area contributed by atoms with Gasteiger partial charge in [-0.05, 0) is 60.7 Å². The van der Waals surface area contributed by atoms with Crippen molar-refractivity contribution in [2.24, 2.45) is 0 Å². The Morgan fingerprint density at radius 1 is 0.711 bits per heavy atom. The SMILES string of the molecule is O=S(=O)(c1ccc(N2CN(S(=O)(=O)c3ccc(Cl)cc3)c3nc4ccccc4nc32)cc1)N1CCOCC1. The van der Waals surface area contributed by atoms with Gasteiger partial charge in [0, 0.05) is 23.8 Å². The van der Waals surface area contributed by atoms with Crippen LogP contribution in [0.15, 0.2) is 82.6 Å². The lowest BCUT2D eigenvalue weighted by Crippen LogP contribution is -2.40. The van der Waals surface area contributed by atoms with Crippen LogP contribution in [0.25, 0.3) is 11.0 Å². The normalized spacial score (nSPS) is 16.7. The average molecular weight is 572 g/mol. The van der Waals surface area contributed by atoms with Crippen molar-refractivity contribution in [2.75, 3.05) is 42.2 Å². The van der Waals surface area contributed by atoms with Crippen LogP contribution in [0.2, 0.25) is 5.02 Å². The van der Waals surface area contributed by atoms with Crippen molar-refractivity contribution in [3.8, 4) is 0 Å². The van der Waals surface area contributed by atoms with Crippen LogP contribution in [-0.2, 0) is 24.8 Å². The number of halogens is 1. The monoisotopic (exact) mass is 571 g/mol. The third-order valence-electron chi connectivity index (χ3n) is 6.45. The molecule has 0 bridgehead atoms. The predicted octanol–water partition coefficient (Wildman–Crippen LogP) is 3.61. The zero-order valence-electron chi connectivity index (χ0n) is 19.9. The number of para-hydroxylation sites is 2. The minimum Gasteiger partial charge on any atom is -0.379 e. The van der Waals surface area contributed by atoms with Crippen LogP contribution < -0.4 is 9.21 Å². The molecule has 38 heavy (non-hydrogen) atoms. The molecule has 1 saturated heterocycles. The summed E-state index contributed by atoms with van der Waals surface area (Å²) in [5, 5.41) is 0.422. The van der Waals surface area contributed by atoms with Crippen molar-refractivity contribution in [3.63, 3.8) is 0 Å². The molecular formula is C25H22ClN5O5S2. The summed E-state index contributed by atoms with van der Waals surface area (Å²) in [7, 11) is -7.68. The van der Waals surface area contributed by atoms with Gasteiger partial charge in [-0.2, -0.15) is 4.31 Å². The van der Waals surface area contributed by atoms with Gasteiger partial charge < -0.3 is 9.64 Å². The zero-order valence-corrected chi connectivity index (χ0v) is 22.3. The Labute approximate surface area is 225 Å². The van der Waals surface area contributed by atoms with E-state index in [2.05, 4.69) is 4.98 Å². The fourth-order valence-corrected chi connectivity index (χ4v) is 7.34. The summed E-state index contributed by atoms with van der Waals surface area (Å²) in [4.78, 5) is 11.3. The maximum Gasteiger partial charge on any atom is 0.267 e. The molecule has 0 aliphatic carbocycles. The second-order valence-electron chi connectivity index (χ2n) is 8.75. The highest BCUT2D eigenvalue weighted by Crippen LogP contribution is 2.41. The van der Waals surface area contributed by atoms with E-state index in [1.807, 2.05) is 12.1 Å². The number of anilines is 3. The van der Waals surface area contributed by atoms with E-state index in [-0.39, 0.29) is 22.3 Å². The zero-order chi connectivity index (χ0) is 26.5. The fraction of sp³-hybridized carbons (Fsp3) is 0.200. The lowest BCUT2D eigenvalue weighted by Gasteiger charge is -2.26. The Bertz CT molecular complexity index is 1730. The van der Waals surface area contributed by atoms with Crippen molar-refractivity contribution in [1.82, 2.24) is 14.3 Å². The molecule has 13 heteroatoms. The Kier molecular flexibility index (Phi) is 6.23. The number of sulfonamides is 2. The predicted molar refractivity (Wildman–Crippen MR) is 144 cm³/mol. The van der Waals surface area contributed by atoms with E-state index in [0.29, 0.717) is 53.9 Å². The van der Waals surface area contributed by atoms with Crippen molar-refractivity contribution >= 4 is 60.0 Å². The molecule has 6 rings (SSSR count). The van der Waals surface area contributed by atoms with Crippen LogP contribution in [0.4, 0.5) is 17.3 Å². The molecule has 0 N–H and O–H groups in total. The number of nitrogens with zero attached hydrogens (tertiary/aromatic N) is 5. The molecule has 10 nitrogen and oxygen atoms in total. The molecule has 4 aromatic rings. The molecule has 1 fully saturated rings. The summed E-state index contributed by atoms with van der Waals surface area (Å²) >= 11 is 5.97. The fourth-order valence-electron chi connectivity index (χ4n) is 4.45. The van der Waals surface area contributed by atoms with Crippen molar-refractivity contribution < 1.29 is 21.6 Å². The van der Waals surface area contributed by atoms with Gasteiger partial charge in [-0.3, -0.25) is 0 Å². The Balaban J connectivity index is 1.41. The summed E-state index contributed by atoms with van der Waals surface area (Å²) in [6, 6.07) is 19.5. The minimum absolute atomic E-state index is 0.0663. The molecule has 0 radical (unpaired) electrons. The minimum atomic E-state index is -4.01. The van der Waals surface area contributed by atoms with E-state index >= 15 is 0 Å². The maximum atomic E-state index is 13.7. The third kappa shape index (κ3) is 4.28. The van der Waals surface area contributed by atoms with E-state index in [1.54, 1.807) is 29.2 Å². The van der Waals surface area contributed by atoms with Gasteiger partial charge in [-0.25, -0.2) is 31.1 Å². The molecule has 0 spiro atoms. The van der Waals surface area contributed by atoms with Crippen LogP contribution in [0.3, 0.4) is 0 Å². The molecule has 0 atom stereocenters. The van der Waals surface area contributed by atoms with Crippen LogP contribution in [-0.4, -0.2) is 64.1 Å². The number of fused-ring (bicyclic) bond motifs is 2. The van der Waals surface area contributed by atoms with E-state index in [1.165, 1.54) is 45.0 Å². The summed E-state index contributed by atoms with van der Waals surface area (Å²) in [6.45, 7) is 1.21. The van der Waals surface area contributed by atoms with E-state index in [9.17, 15) is 16.8 Å². The molecule has 0 unspecified atom stereocenters. The van der Waals surface area contributed by atoms with Gasteiger partial charge in [0.05, 0.1) is 34.0 Å². The first-order chi connectivity index (χ1) is 18.2. The van der Waals surface area contributed by atoms with Gasteiger partial charge in [-0.1, -0.05) is 23.7 Å². The molecule has 2 aliphatic heterocycles. The van der Waals surface area contributed by atoms with Crippen molar-refractivity contribution in [1.29, 1.82) is 0 Å². The average Bonchev–Trinajstić information content (AvgIpc) is 3.32. The molecule has 2 aliphatic rings. The molecule has 0 amide bonds. The summed E-state index contributed by atoms with van der Waals surface area (Å²) in [5.41, 5.74) is 1.73. The van der Waals surface area contributed by atoms with Crippen LogP contribution in [0.1, 0.15) is 0 Å². The number of hydrogen-bond acceptors (Lipinski definition) is 8. The van der Waals surface area contributed by atoms with Gasteiger partial charge in [0.25, 0.3) is 10.0 Å². The quantitative estimate of drug-likeness (QED) is 0.357. The Morgan fingerprint density at radius 2 is 1.26 bits per heavy atom. The number of aromatic nitrogens is 2. The smallest absolute Gasteiger partial charge is 0.267 e. The van der Waals surface area contributed by atoms with Crippen LogP contribution >= 0.6 is 11.6 Å². The number of ether oxygens (including phenoxy) is 1. The molecule has 3 aromatic carbocycles. The number of rotatable bonds is 5. The Morgan fingerprint density at radius 3 is 1.89 bits per heavy atom. The van der Waals surface area contributed by atoms with Gasteiger partial charge in [0.2, 0.25) is 10.0 Å². The maximum absolute atomic E-state index is 13.7. The highest BCUT2D eigenvalue weighted by molar-refractivity contribution is 7.92. The third-order valence-corrected chi connectivity index (χ3v) is 10.4. The first-order valence-corrected chi connectivity index (χ1v) is 15.0. The second-order valence-corrected chi connectivity index (χ2v) is 13.0. The summed E-state index contributed by atoms with van der Waals surface area (Å²) in [6.07, 6.45) is 0. The largest absolute Gasteiger partial charge is 0.379 e. The topological polar surface area (TPSA) is 113 Å². The molecular weight excluding hydrogens is 550 g/mol. The first-order valence-electron chi connectivity index (χ1n) is 11.8. The molecule has 3 heterocycles. The van der Waals surface area contributed by atoms with Crippen LogP contribution in [0, 0.1) is 0 Å². The van der Waals surface area contributed by atoms with Gasteiger partial charge in [0.1, 0.15) is 6.67 Å². The number of benzene rings is 3. The van der Waals surface area contributed by atoms with E-state index in [0.717, 1.165) is 0 Å². The number of morpholine rings is 1. The van der Waals surface area contributed by atoms with Crippen molar-refractivity contribution in [3.05, 3.63) is 77.8 Å². The number of hydrogen-bond donors (Lipinski definition) is 0. The lowest BCUT2D eigenvalue weighted by atomic mass is 10.3. The van der Waals surface area contributed by atoms with Crippen LogP contribution in [0.5, 0.6) is 0 Å². The van der Waals surface area contributed by atoms with Gasteiger partial charge >= 0.3 is 0 Å². The molecule has 0 saturated carbocycles. The lowest BCUT2D eigenvalue weighted by molar-refractivity contribution is 0.0730. The van der Waals surface area contributed by atoms with E-state index in [4.69, 9.17) is 21.3 Å². The standard InChI is InChI=1S/C25H22ClN5O5S2/c26-18-5-9-21(10-6-18)38(34,35)31-17-30(24-25(31)28-23-4-2-1-3-22(23)27-24)19-7-11-20(12-8-19)37(32,33)29-13-15-36-16-14-29/h1-12H,13-17H2. The van der Waals surface area contributed by atoms with Gasteiger partial charge in [-0.15, -0.1) is 0 Å². The first kappa shape index (κ1) is 25.0.